The van der Waals surface area contributed by atoms with E-state index in [0.717, 1.165) is 41.8 Å². The zero-order valence-corrected chi connectivity index (χ0v) is 17.1. The first kappa shape index (κ1) is 23.5. The molecule has 0 spiro atoms. The third kappa shape index (κ3) is 6.91. The molecule has 0 aliphatic heterocycles. The number of halogens is 3. The second kappa shape index (κ2) is 10.2. The maximum Gasteiger partial charge on any atom is 0.416 e. The molecule has 0 aromatic heterocycles. The van der Waals surface area contributed by atoms with Crippen LogP contribution in [0.25, 0.3) is 5.57 Å². The number of alkyl halides is 3. The zero-order valence-electron chi connectivity index (χ0n) is 17.1. The predicted octanol–water partition coefficient (Wildman–Crippen LogP) is 6.60. The molecule has 3 nitrogen and oxygen atoms in total. The summed E-state index contributed by atoms with van der Waals surface area (Å²) in [5.41, 5.74) is 9.07. The van der Waals surface area contributed by atoms with Crippen molar-refractivity contribution in [2.75, 3.05) is 0 Å². The Labute approximate surface area is 165 Å². The summed E-state index contributed by atoms with van der Waals surface area (Å²) in [7, 11) is 0. The van der Waals surface area contributed by atoms with E-state index in [4.69, 9.17) is 5.73 Å². The van der Waals surface area contributed by atoms with Gasteiger partial charge in [-0.1, -0.05) is 31.1 Å². The summed E-state index contributed by atoms with van der Waals surface area (Å²) >= 11 is 0. The molecule has 3 N–H and O–H groups in total. The molecule has 0 fully saturated rings. The van der Waals surface area contributed by atoms with Gasteiger partial charge in [0, 0.05) is 23.2 Å². The summed E-state index contributed by atoms with van der Waals surface area (Å²) in [4.78, 5) is 4.44. The lowest BCUT2D eigenvalue weighted by molar-refractivity contribution is -0.137. The van der Waals surface area contributed by atoms with Gasteiger partial charge in [-0.15, -0.1) is 0 Å². The quantitative estimate of drug-likeness (QED) is 0.404. The Hall–Kier alpha value is -2.50. The lowest BCUT2D eigenvalue weighted by Gasteiger charge is -2.16. The fraction of sp³-hybridized carbons (Fsp3) is 0.409. The van der Waals surface area contributed by atoms with Crippen LogP contribution >= 0.6 is 0 Å². The summed E-state index contributed by atoms with van der Waals surface area (Å²) < 4.78 is 38.8. The Kier molecular flexibility index (Phi) is 8.54. The largest absolute Gasteiger partial charge is 0.507 e. The van der Waals surface area contributed by atoms with Crippen molar-refractivity contribution in [1.82, 2.24) is 0 Å². The Morgan fingerprint density at radius 1 is 1.18 bits per heavy atom. The molecule has 1 aromatic carbocycles. The van der Waals surface area contributed by atoms with Crippen LogP contribution in [0.1, 0.15) is 65.0 Å². The van der Waals surface area contributed by atoms with E-state index in [1.807, 2.05) is 26.8 Å². The van der Waals surface area contributed by atoms with E-state index in [9.17, 15) is 18.3 Å². The van der Waals surface area contributed by atoms with Crippen molar-refractivity contribution in [1.29, 1.82) is 0 Å². The molecule has 0 unspecified atom stereocenters. The van der Waals surface area contributed by atoms with Crippen LogP contribution in [0.4, 0.5) is 13.2 Å². The van der Waals surface area contributed by atoms with Crippen LogP contribution in [-0.4, -0.2) is 10.8 Å². The first-order valence-corrected chi connectivity index (χ1v) is 9.20. The molecule has 0 heterocycles. The molecule has 0 aliphatic rings. The normalized spacial score (nSPS) is 14.9. The van der Waals surface area contributed by atoms with Crippen LogP contribution in [0.5, 0.6) is 5.75 Å². The first-order chi connectivity index (χ1) is 13.0. The van der Waals surface area contributed by atoms with E-state index < -0.39 is 17.5 Å². The Balaban J connectivity index is 3.52. The Bertz CT molecular complexity index is 812. The summed E-state index contributed by atoms with van der Waals surface area (Å²) in [6, 6.07) is 3.03. The number of phenolic OH excluding ortho intramolecular Hbond substituents is 1. The summed E-state index contributed by atoms with van der Waals surface area (Å²) in [6.45, 7) is 9.46. The van der Waals surface area contributed by atoms with Gasteiger partial charge in [0.1, 0.15) is 5.75 Å². The molecule has 1 aromatic rings. The van der Waals surface area contributed by atoms with Gasteiger partial charge in [0.2, 0.25) is 0 Å². The van der Waals surface area contributed by atoms with Crippen molar-refractivity contribution in [3.8, 4) is 5.75 Å². The number of aliphatic imine (C=N–C) groups is 1. The molecular formula is C22H29F3N2O. The molecule has 0 amide bonds. The van der Waals surface area contributed by atoms with Gasteiger partial charge in [0.05, 0.1) is 5.56 Å². The van der Waals surface area contributed by atoms with Crippen LogP contribution in [-0.2, 0) is 6.18 Å². The van der Waals surface area contributed by atoms with Gasteiger partial charge in [0.15, 0.2) is 0 Å². The lowest BCUT2D eigenvalue weighted by atomic mass is 9.91. The highest BCUT2D eigenvalue weighted by Crippen LogP contribution is 2.38. The second-order valence-electron chi connectivity index (χ2n) is 6.96. The molecule has 0 aliphatic carbocycles. The van der Waals surface area contributed by atoms with E-state index >= 15 is 0 Å². The smallest absolute Gasteiger partial charge is 0.416 e. The van der Waals surface area contributed by atoms with E-state index in [1.165, 1.54) is 6.07 Å². The first-order valence-electron chi connectivity index (χ1n) is 9.20. The van der Waals surface area contributed by atoms with Crippen LogP contribution < -0.4 is 5.73 Å². The van der Waals surface area contributed by atoms with Crippen molar-refractivity contribution in [3.63, 3.8) is 0 Å². The van der Waals surface area contributed by atoms with Gasteiger partial charge in [-0.25, -0.2) is 0 Å². The van der Waals surface area contributed by atoms with E-state index in [1.54, 1.807) is 13.1 Å². The minimum Gasteiger partial charge on any atom is -0.507 e. The van der Waals surface area contributed by atoms with Gasteiger partial charge < -0.3 is 10.8 Å². The number of nitrogens with two attached hydrogens (primary N) is 1. The molecular weight excluding hydrogens is 365 g/mol. The lowest BCUT2D eigenvalue weighted by Crippen LogP contribution is -2.05. The number of benzene rings is 1. The number of allylic oxidation sites excluding steroid dienone is 5. The SMILES string of the molecule is CCCC(C)=N/C=C(\C)C(=C(C)C/C=C(\C)N)c1ccc(C(F)(F)F)cc1O. The van der Waals surface area contributed by atoms with Gasteiger partial charge in [0.25, 0.3) is 0 Å². The number of hydrogen-bond acceptors (Lipinski definition) is 3. The number of phenols is 1. The molecule has 1 rings (SSSR count). The predicted molar refractivity (Wildman–Crippen MR) is 110 cm³/mol. The van der Waals surface area contributed by atoms with Gasteiger partial charge in [-0.05, 0) is 63.8 Å². The van der Waals surface area contributed by atoms with E-state index in [0.29, 0.717) is 23.3 Å². The second-order valence-corrected chi connectivity index (χ2v) is 6.96. The monoisotopic (exact) mass is 394 g/mol. The van der Waals surface area contributed by atoms with Gasteiger partial charge in [-0.3, -0.25) is 4.99 Å². The third-order valence-corrected chi connectivity index (χ3v) is 4.24. The fourth-order valence-electron chi connectivity index (χ4n) is 2.81. The van der Waals surface area contributed by atoms with Crippen LogP contribution in [0, 0.1) is 0 Å². The van der Waals surface area contributed by atoms with Crippen molar-refractivity contribution in [2.24, 2.45) is 10.7 Å². The topological polar surface area (TPSA) is 58.6 Å². The standard InChI is InChI=1S/C22H29F3N2O/c1-6-7-17(5)27-13-15(3)21(14(2)8-9-16(4)26)19-11-10-18(12-20(19)28)22(23,24)25/h9-13,28H,6-8,26H2,1-5H3/b15-13+,16-9+,21-14?,27-17?. The number of hydrogen-bond donors (Lipinski definition) is 2. The molecule has 0 bridgehead atoms. The Morgan fingerprint density at radius 2 is 1.82 bits per heavy atom. The van der Waals surface area contributed by atoms with Crippen molar-refractivity contribution >= 4 is 11.3 Å². The minimum absolute atomic E-state index is 0.339. The van der Waals surface area contributed by atoms with Crippen LogP contribution in [0.15, 0.2) is 52.3 Å². The molecule has 28 heavy (non-hydrogen) atoms. The highest BCUT2D eigenvalue weighted by Gasteiger charge is 2.31. The highest BCUT2D eigenvalue weighted by atomic mass is 19.4. The number of aromatic hydroxyl groups is 1. The van der Waals surface area contributed by atoms with Gasteiger partial charge in [-0.2, -0.15) is 13.2 Å². The van der Waals surface area contributed by atoms with Crippen molar-refractivity contribution in [3.05, 3.63) is 58.4 Å². The molecule has 154 valence electrons. The fourth-order valence-corrected chi connectivity index (χ4v) is 2.81. The molecule has 0 saturated carbocycles. The highest BCUT2D eigenvalue weighted by molar-refractivity contribution is 5.86. The van der Waals surface area contributed by atoms with Crippen LogP contribution in [0.2, 0.25) is 0 Å². The zero-order chi connectivity index (χ0) is 21.5. The average molecular weight is 394 g/mol. The summed E-state index contributed by atoms with van der Waals surface area (Å²) in [6.07, 6.45) is 1.36. The van der Waals surface area contributed by atoms with E-state index in [2.05, 4.69) is 11.9 Å². The van der Waals surface area contributed by atoms with E-state index in [-0.39, 0.29) is 0 Å². The maximum atomic E-state index is 12.9. The Morgan fingerprint density at radius 3 is 2.32 bits per heavy atom. The molecule has 0 radical (unpaired) electrons. The summed E-state index contributed by atoms with van der Waals surface area (Å²) in [5.74, 6) is -0.417. The minimum atomic E-state index is -4.51. The maximum absolute atomic E-state index is 12.9. The molecule has 0 atom stereocenters. The molecule has 0 saturated heterocycles. The number of rotatable bonds is 7. The summed E-state index contributed by atoms with van der Waals surface area (Å²) in [5, 5.41) is 10.3. The average Bonchev–Trinajstić information content (AvgIpc) is 2.59. The van der Waals surface area contributed by atoms with Crippen molar-refractivity contribution in [2.45, 2.75) is 60.1 Å². The third-order valence-electron chi connectivity index (χ3n) is 4.24. The van der Waals surface area contributed by atoms with Gasteiger partial charge >= 0.3 is 6.18 Å². The van der Waals surface area contributed by atoms with Crippen LogP contribution in [0.3, 0.4) is 0 Å². The molecule has 6 heteroatoms. The number of nitrogens with zero attached hydrogens (tertiary/aromatic N) is 1. The van der Waals surface area contributed by atoms with Crippen molar-refractivity contribution < 1.29 is 18.3 Å².